The third-order valence-corrected chi connectivity index (χ3v) is 7.09. The molecule has 1 unspecified atom stereocenters. The smallest absolute Gasteiger partial charge is 0.0619 e. The number of aryl methyl sites for hydroxylation is 3. The topological polar surface area (TPSA) is 0 Å². The van der Waals surface area contributed by atoms with Gasteiger partial charge >= 0.3 is 0 Å². The highest BCUT2D eigenvalue weighted by Crippen LogP contribution is 2.57. The minimum Gasteiger partial charge on any atom is -0.0619 e. The third-order valence-electron chi connectivity index (χ3n) is 6.60. The molecule has 0 amide bonds. The second-order valence-corrected chi connectivity index (χ2v) is 9.27. The van der Waals surface area contributed by atoms with Crippen molar-refractivity contribution in [2.24, 2.45) is 0 Å². The molecular formula is C29H25Br. The van der Waals surface area contributed by atoms with Crippen molar-refractivity contribution >= 4 is 15.9 Å². The Kier molecular flexibility index (Phi) is 4.67. The number of benzene rings is 4. The molecule has 1 atom stereocenters. The van der Waals surface area contributed by atoms with Gasteiger partial charge < -0.3 is 0 Å². The van der Waals surface area contributed by atoms with Crippen molar-refractivity contribution < 1.29 is 0 Å². The summed E-state index contributed by atoms with van der Waals surface area (Å²) in [6.07, 6.45) is 1.05. The largest absolute Gasteiger partial charge is 0.0716 e. The highest BCUT2D eigenvalue weighted by molar-refractivity contribution is 9.10. The molecule has 0 N–H and O–H groups in total. The van der Waals surface area contributed by atoms with Gasteiger partial charge in [0.25, 0.3) is 0 Å². The van der Waals surface area contributed by atoms with E-state index in [0.29, 0.717) is 0 Å². The van der Waals surface area contributed by atoms with Crippen LogP contribution >= 0.6 is 15.9 Å². The fourth-order valence-electron chi connectivity index (χ4n) is 5.14. The summed E-state index contributed by atoms with van der Waals surface area (Å²) in [5.41, 5.74) is 11.8. The quantitative estimate of drug-likeness (QED) is 0.260. The van der Waals surface area contributed by atoms with Gasteiger partial charge in [0.2, 0.25) is 0 Å². The van der Waals surface area contributed by atoms with Gasteiger partial charge in [-0.3, -0.25) is 0 Å². The summed E-state index contributed by atoms with van der Waals surface area (Å²) < 4.78 is 1.12. The molecule has 0 aromatic heterocycles. The number of rotatable bonds is 3. The Balaban J connectivity index is 1.97. The Morgan fingerprint density at radius 2 is 1.43 bits per heavy atom. The van der Waals surface area contributed by atoms with Crippen molar-refractivity contribution in [2.75, 3.05) is 0 Å². The number of hydrogen-bond donors (Lipinski definition) is 0. The SMILES string of the molecule is CCc1ccc(C2(c3cc(C)ccc3C)c3ccccc3-c3ccc(Br)cc32)cc1. The van der Waals surface area contributed by atoms with Gasteiger partial charge in [-0.1, -0.05) is 101 Å². The molecule has 0 aliphatic heterocycles. The number of halogens is 1. The van der Waals surface area contributed by atoms with Gasteiger partial charge in [-0.15, -0.1) is 0 Å². The van der Waals surface area contributed by atoms with E-state index >= 15 is 0 Å². The van der Waals surface area contributed by atoms with E-state index in [-0.39, 0.29) is 5.41 Å². The van der Waals surface area contributed by atoms with Crippen LogP contribution in [0.3, 0.4) is 0 Å². The molecule has 0 nitrogen and oxygen atoms in total. The molecule has 4 aromatic rings. The van der Waals surface area contributed by atoms with Gasteiger partial charge in [-0.05, 0) is 76.9 Å². The molecule has 1 heteroatoms. The molecular weight excluding hydrogens is 428 g/mol. The van der Waals surface area contributed by atoms with E-state index in [1.165, 1.54) is 50.1 Å². The second kappa shape index (κ2) is 7.25. The van der Waals surface area contributed by atoms with Crippen molar-refractivity contribution in [2.45, 2.75) is 32.6 Å². The maximum Gasteiger partial charge on any atom is 0.0716 e. The number of fused-ring (bicyclic) bond motifs is 3. The van der Waals surface area contributed by atoms with E-state index < -0.39 is 0 Å². The lowest BCUT2D eigenvalue weighted by Gasteiger charge is -2.35. The summed E-state index contributed by atoms with van der Waals surface area (Å²) in [4.78, 5) is 0. The average molecular weight is 453 g/mol. The van der Waals surface area contributed by atoms with Gasteiger partial charge in [0.1, 0.15) is 0 Å². The predicted molar refractivity (Wildman–Crippen MR) is 130 cm³/mol. The fraction of sp³-hybridized carbons (Fsp3) is 0.172. The molecule has 0 bridgehead atoms. The lowest BCUT2D eigenvalue weighted by molar-refractivity contribution is 0.758. The normalized spacial score (nSPS) is 16.9. The van der Waals surface area contributed by atoms with Crippen LogP contribution in [0.25, 0.3) is 11.1 Å². The lowest BCUT2D eigenvalue weighted by atomic mass is 9.66. The predicted octanol–water partition coefficient (Wildman–Crippen LogP) is 7.99. The van der Waals surface area contributed by atoms with E-state index in [1.807, 2.05) is 0 Å². The van der Waals surface area contributed by atoms with Crippen LogP contribution in [0.2, 0.25) is 0 Å². The number of hydrogen-bond acceptors (Lipinski definition) is 0. The van der Waals surface area contributed by atoms with E-state index in [1.54, 1.807) is 0 Å². The average Bonchev–Trinajstić information content (AvgIpc) is 3.06. The minimum absolute atomic E-state index is 0.321. The van der Waals surface area contributed by atoms with Gasteiger partial charge in [-0.25, -0.2) is 0 Å². The summed E-state index contributed by atoms with van der Waals surface area (Å²) in [6, 6.07) is 31.8. The molecule has 1 aliphatic carbocycles. The zero-order valence-electron chi connectivity index (χ0n) is 17.7. The van der Waals surface area contributed by atoms with Crippen molar-refractivity contribution in [3.63, 3.8) is 0 Å². The van der Waals surface area contributed by atoms with Crippen LogP contribution in [0.1, 0.15) is 45.9 Å². The first-order valence-electron chi connectivity index (χ1n) is 10.6. The zero-order chi connectivity index (χ0) is 20.9. The zero-order valence-corrected chi connectivity index (χ0v) is 19.3. The van der Waals surface area contributed by atoms with Crippen LogP contribution < -0.4 is 0 Å². The summed E-state index contributed by atoms with van der Waals surface area (Å²) in [5.74, 6) is 0. The van der Waals surface area contributed by atoms with Gasteiger partial charge in [0.05, 0.1) is 5.41 Å². The van der Waals surface area contributed by atoms with Crippen LogP contribution in [0, 0.1) is 13.8 Å². The first kappa shape index (κ1) is 19.3. The molecule has 4 aromatic carbocycles. The fourth-order valence-corrected chi connectivity index (χ4v) is 5.50. The third kappa shape index (κ3) is 2.72. The molecule has 30 heavy (non-hydrogen) atoms. The lowest BCUT2D eigenvalue weighted by Crippen LogP contribution is -2.29. The highest BCUT2D eigenvalue weighted by atomic mass is 79.9. The maximum absolute atomic E-state index is 3.76. The first-order chi connectivity index (χ1) is 14.6. The first-order valence-corrected chi connectivity index (χ1v) is 11.4. The van der Waals surface area contributed by atoms with E-state index in [0.717, 1.165) is 10.9 Å². The molecule has 148 valence electrons. The van der Waals surface area contributed by atoms with Crippen LogP contribution in [0.5, 0.6) is 0 Å². The summed E-state index contributed by atoms with van der Waals surface area (Å²) in [5, 5.41) is 0. The molecule has 0 radical (unpaired) electrons. The summed E-state index contributed by atoms with van der Waals surface area (Å²) in [7, 11) is 0. The second-order valence-electron chi connectivity index (χ2n) is 8.35. The Morgan fingerprint density at radius 3 is 2.20 bits per heavy atom. The standard InChI is InChI=1S/C29H25Br/c1-4-21-11-13-22(14-12-21)29(27-17-19(2)9-10-20(27)3)26-8-6-5-7-24(26)25-16-15-23(30)18-28(25)29/h5-18H,4H2,1-3H3. The van der Waals surface area contributed by atoms with Crippen LogP contribution in [-0.2, 0) is 11.8 Å². The Hall–Kier alpha value is -2.64. The Morgan fingerprint density at radius 1 is 0.700 bits per heavy atom. The van der Waals surface area contributed by atoms with Crippen LogP contribution in [0.4, 0.5) is 0 Å². The van der Waals surface area contributed by atoms with E-state index in [4.69, 9.17) is 0 Å². The van der Waals surface area contributed by atoms with E-state index in [9.17, 15) is 0 Å². The van der Waals surface area contributed by atoms with Gasteiger partial charge in [0, 0.05) is 4.47 Å². The van der Waals surface area contributed by atoms with Crippen molar-refractivity contribution in [3.8, 4) is 11.1 Å². The summed E-state index contributed by atoms with van der Waals surface area (Å²) >= 11 is 3.76. The van der Waals surface area contributed by atoms with Crippen molar-refractivity contribution in [1.82, 2.24) is 0 Å². The van der Waals surface area contributed by atoms with Gasteiger partial charge in [-0.2, -0.15) is 0 Å². The van der Waals surface area contributed by atoms with Crippen molar-refractivity contribution in [1.29, 1.82) is 0 Å². The molecule has 0 spiro atoms. The van der Waals surface area contributed by atoms with Crippen LogP contribution in [0.15, 0.2) is 89.4 Å². The minimum atomic E-state index is -0.321. The molecule has 1 aliphatic rings. The molecule has 0 fully saturated rings. The van der Waals surface area contributed by atoms with Gasteiger partial charge in [0.15, 0.2) is 0 Å². The molecule has 5 rings (SSSR count). The van der Waals surface area contributed by atoms with Crippen molar-refractivity contribution in [3.05, 3.63) is 128 Å². The maximum atomic E-state index is 3.76. The molecule has 0 saturated heterocycles. The van der Waals surface area contributed by atoms with Crippen LogP contribution in [-0.4, -0.2) is 0 Å². The summed E-state index contributed by atoms with van der Waals surface area (Å²) in [6.45, 7) is 6.65. The Labute approximate surface area is 187 Å². The monoisotopic (exact) mass is 452 g/mol. The van der Waals surface area contributed by atoms with E-state index in [2.05, 4.69) is 122 Å². The molecule has 0 saturated carbocycles. The highest BCUT2D eigenvalue weighted by Gasteiger charge is 2.46. The Bertz CT molecular complexity index is 1250. The molecule has 0 heterocycles.